The third-order valence-corrected chi connectivity index (χ3v) is 3.56. The Kier molecular flexibility index (Phi) is 3.02. The van der Waals surface area contributed by atoms with E-state index in [1.807, 2.05) is 0 Å². The Bertz CT molecular complexity index is 1000. The highest BCUT2D eigenvalue weighted by Gasteiger charge is 2.19. The van der Waals surface area contributed by atoms with E-state index in [2.05, 4.69) is 20.1 Å². The fraction of sp³-hybridized carbons (Fsp3) is 0.0909. The number of anilines is 1. The molecule has 0 bridgehead atoms. The van der Waals surface area contributed by atoms with Gasteiger partial charge in [0, 0.05) is 12.3 Å². The lowest BCUT2D eigenvalue weighted by atomic mass is 10.2. The van der Waals surface area contributed by atoms with Crippen LogP contribution in [0.15, 0.2) is 23.4 Å². The van der Waals surface area contributed by atoms with Gasteiger partial charge in [-0.25, -0.2) is 17.2 Å². The monoisotopic (exact) mass is 326 g/mol. The predicted molar refractivity (Wildman–Crippen MR) is 71.5 cm³/mol. The molecule has 0 amide bonds. The summed E-state index contributed by atoms with van der Waals surface area (Å²) in [5.41, 5.74) is 5.52. The highest BCUT2D eigenvalue weighted by molar-refractivity contribution is 7.90. The summed E-state index contributed by atoms with van der Waals surface area (Å²) in [4.78, 5) is 11.2. The highest BCUT2D eigenvalue weighted by atomic mass is 32.2. The van der Waals surface area contributed by atoms with Crippen LogP contribution in [-0.2, 0) is 9.84 Å². The van der Waals surface area contributed by atoms with Gasteiger partial charge >= 0.3 is 0 Å². The van der Waals surface area contributed by atoms with Crippen LogP contribution in [0.25, 0.3) is 17.2 Å². The molecular weight excluding hydrogens is 318 g/mol. The number of hydrogen-bond acceptors (Lipinski definition) is 7. The summed E-state index contributed by atoms with van der Waals surface area (Å²) >= 11 is 0. The van der Waals surface area contributed by atoms with E-state index < -0.39 is 26.6 Å². The van der Waals surface area contributed by atoms with Crippen LogP contribution in [0.4, 0.5) is 14.7 Å². The zero-order chi connectivity index (χ0) is 16.1. The minimum atomic E-state index is -3.69. The van der Waals surface area contributed by atoms with Crippen molar-refractivity contribution in [3.8, 4) is 11.4 Å². The molecule has 0 fully saturated rings. The molecule has 0 aliphatic carbocycles. The Labute approximate surface area is 122 Å². The average Bonchev–Trinajstić information content (AvgIpc) is 2.81. The minimum Gasteiger partial charge on any atom is -0.368 e. The summed E-state index contributed by atoms with van der Waals surface area (Å²) in [7, 11) is -3.69. The third-order valence-electron chi connectivity index (χ3n) is 2.72. The summed E-state index contributed by atoms with van der Waals surface area (Å²) in [6, 6.07) is 2.87. The molecule has 11 heteroatoms. The van der Waals surface area contributed by atoms with Crippen LogP contribution >= 0.6 is 0 Å². The average molecular weight is 326 g/mol. The van der Waals surface area contributed by atoms with Gasteiger partial charge < -0.3 is 5.73 Å². The van der Waals surface area contributed by atoms with Gasteiger partial charge in [-0.15, -0.1) is 5.10 Å². The van der Waals surface area contributed by atoms with Crippen molar-refractivity contribution in [1.82, 2.24) is 24.6 Å². The van der Waals surface area contributed by atoms with Crippen LogP contribution in [0.2, 0.25) is 0 Å². The Morgan fingerprint density at radius 2 is 1.91 bits per heavy atom. The van der Waals surface area contributed by atoms with E-state index in [9.17, 15) is 17.2 Å². The second-order valence-electron chi connectivity index (χ2n) is 4.41. The van der Waals surface area contributed by atoms with Crippen molar-refractivity contribution in [3.63, 3.8) is 0 Å². The van der Waals surface area contributed by atoms with E-state index in [1.165, 1.54) is 0 Å². The quantitative estimate of drug-likeness (QED) is 0.726. The molecule has 0 aliphatic heterocycles. The Hall–Kier alpha value is -2.69. The minimum absolute atomic E-state index is 0.0767. The second kappa shape index (κ2) is 4.66. The largest absolute Gasteiger partial charge is 0.368 e. The lowest BCUT2D eigenvalue weighted by Crippen LogP contribution is -2.11. The van der Waals surface area contributed by atoms with E-state index in [4.69, 9.17) is 5.73 Å². The summed E-state index contributed by atoms with van der Waals surface area (Å²) in [6.07, 6.45) is 0.912. The van der Waals surface area contributed by atoms with Gasteiger partial charge in [-0.05, 0) is 12.1 Å². The molecule has 0 atom stereocenters. The molecule has 0 aliphatic rings. The molecule has 22 heavy (non-hydrogen) atoms. The third kappa shape index (κ3) is 2.35. The first-order chi connectivity index (χ1) is 10.3. The number of nitrogen functional groups attached to an aromatic ring is 1. The van der Waals surface area contributed by atoms with Gasteiger partial charge in [-0.3, -0.25) is 0 Å². The predicted octanol–water partition coefficient (Wildman–Crippen LogP) is 0.450. The maximum Gasteiger partial charge on any atom is 0.258 e. The number of fused-ring (bicyclic) bond motifs is 1. The van der Waals surface area contributed by atoms with Crippen molar-refractivity contribution in [3.05, 3.63) is 29.8 Å². The number of aromatic nitrogens is 5. The molecular formula is C11H8F2N6O2S. The maximum atomic E-state index is 13.7. The first-order valence-electron chi connectivity index (χ1n) is 5.81. The molecule has 0 unspecified atom stereocenters. The van der Waals surface area contributed by atoms with E-state index in [1.54, 1.807) is 0 Å². The second-order valence-corrected chi connectivity index (χ2v) is 6.32. The number of rotatable bonds is 2. The molecule has 0 spiro atoms. The van der Waals surface area contributed by atoms with Crippen molar-refractivity contribution >= 4 is 21.6 Å². The van der Waals surface area contributed by atoms with Gasteiger partial charge in [0.1, 0.15) is 11.6 Å². The van der Waals surface area contributed by atoms with Crippen molar-refractivity contribution in [1.29, 1.82) is 0 Å². The number of hydrogen-bond donors (Lipinski definition) is 1. The van der Waals surface area contributed by atoms with E-state index >= 15 is 0 Å². The van der Waals surface area contributed by atoms with Crippen LogP contribution in [0.5, 0.6) is 0 Å². The number of nitrogens with zero attached hydrogens (tertiary/aromatic N) is 5. The van der Waals surface area contributed by atoms with Gasteiger partial charge in [-0.2, -0.15) is 19.5 Å². The zero-order valence-corrected chi connectivity index (χ0v) is 11.8. The molecule has 3 aromatic rings. The van der Waals surface area contributed by atoms with Crippen molar-refractivity contribution in [2.75, 3.05) is 12.0 Å². The van der Waals surface area contributed by atoms with Crippen LogP contribution in [0, 0.1) is 11.6 Å². The lowest BCUT2D eigenvalue weighted by Gasteiger charge is -1.99. The normalized spacial score (nSPS) is 12.0. The molecule has 2 N–H and O–H groups in total. The van der Waals surface area contributed by atoms with Crippen LogP contribution in [0.1, 0.15) is 0 Å². The van der Waals surface area contributed by atoms with Crippen LogP contribution < -0.4 is 5.73 Å². The summed E-state index contributed by atoms with van der Waals surface area (Å²) in [5.74, 6) is -2.17. The number of halogens is 2. The van der Waals surface area contributed by atoms with Gasteiger partial charge in [-0.1, -0.05) is 0 Å². The molecule has 114 valence electrons. The molecule has 3 rings (SSSR count). The fourth-order valence-electron chi connectivity index (χ4n) is 1.74. The number of nitrogens with two attached hydrogens (primary N) is 1. The lowest BCUT2D eigenvalue weighted by molar-refractivity contribution is 0.585. The van der Waals surface area contributed by atoms with Crippen LogP contribution in [-0.4, -0.2) is 39.2 Å². The molecule has 0 radical (unpaired) electrons. The molecule has 0 saturated carbocycles. The zero-order valence-electron chi connectivity index (χ0n) is 11.0. The summed E-state index contributed by atoms with van der Waals surface area (Å²) < 4.78 is 50.5. The Balaban J connectivity index is 2.24. The van der Waals surface area contributed by atoms with E-state index in [-0.39, 0.29) is 23.1 Å². The van der Waals surface area contributed by atoms with Crippen molar-refractivity contribution in [2.24, 2.45) is 0 Å². The SMILES string of the molecule is CS(=O)(=O)c1nc(N)n2nc(-c3ccc(F)cc3F)nc2n1. The number of sulfone groups is 1. The molecule has 0 saturated heterocycles. The van der Waals surface area contributed by atoms with Gasteiger partial charge in [0.15, 0.2) is 5.82 Å². The van der Waals surface area contributed by atoms with Crippen molar-refractivity contribution < 1.29 is 17.2 Å². The Morgan fingerprint density at radius 1 is 1.18 bits per heavy atom. The summed E-state index contributed by atoms with van der Waals surface area (Å²) in [6.45, 7) is 0. The highest BCUT2D eigenvalue weighted by Crippen LogP contribution is 2.21. The molecule has 2 aromatic heterocycles. The maximum absolute atomic E-state index is 13.7. The first kappa shape index (κ1) is 14.3. The standard InChI is InChI=1S/C11H8F2N6O2S/c1-22(20,21)11-16-9(14)19-10(17-11)15-8(18-19)6-3-2-5(12)4-7(6)13/h2-4H,1H3,(H2,14,15,16,17,18). The van der Waals surface area contributed by atoms with Gasteiger partial charge in [0.25, 0.3) is 10.9 Å². The topological polar surface area (TPSA) is 116 Å². The molecule has 2 heterocycles. The van der Waals surface area contributed by atoms with Crippen LogP contribution in [0.3, 0.4) is 0 Å². The summed E-state index contributed by atoms with van der Waals surface area (Å²) in [5, 5.41) is 3.38. The van der Waals surface area contributed by atoms with Crippen molar-refractivity contribution in [2.45, 2.75) is 5.16 Å². The Morgan fingerprint density at radius 3 is 2.55 bits per heavy atom. The first-order valence-corrected chi connectivity index (χ1v) is 7.70. The fourth-order valence-corrected chi connectivity index (χ4v) is 2.24. The molecule has 8 nitrogen and oxygen atoms in total. The van der Waals surface area contributed by atoms with E-state index in [0.29, 0.717) is 6.07 Å². The molecule has 1 aromatic carbocycles. The van der Waals surface area contributed by atoms with Gasteiger partial charge in [0.2, 0.25) is 15.8 Å². The smallest absolute Gasteiger partial charge is 0.258 e. The van der Waals surface area contributed by atoms with E-state index in [0.717, 1.165) is 22.9 Å². The van der Waals surface area contributed by atoms with Gasteiger partial charge in [0.05, 0.1) is 5.56 Å². The number of benzene rings is 1.